The van der Waals surface area contributed by atoms with E-state index in [4.69, 9.17) is 0 Å². The van der Waals surface area contributed by atoms with E-state index in [-0.39, 0.29) is 6.04 Å². The van der Waals surface area contributed by atoms with Crippen LogP contribution in [-0.2, 0) is 22.4 Å². The molecule has 8 heteroatoms. The first-order chi connectivity index (χ1) is 12.3. The number of imide groups is 2. The van der Waals surface area contributed by atoms with Crippen molar-refractivity contribution in [3.8, 4) is 0 Å². The number of aryl methyl sites for hydroxylation is 1. The molecule has 1 fully saturated rings. The zero-order valence-electron chi connectivity index (χ0n) is 14.8. The fraction of sp³-hybridized carbons (Fsp3) is 0.444. The van der Waals surface area contributed by atoms with E-state index in [0.717, 1.165) is 10.5 Å². The van der Waals surface area contributed by atoms with Gasteiger partial charge in [-0.05, 0) is 37.8 Å². The van der Waals surface area contributed by atoms with Crippen molar-refractivity contribution in [1.29, 1.82) is 0 Å². The van der Waals surface area contributed by atoms with E-state index >= 15 is 0 Å². The van der Waals surface area contributed by atoms with Crippen LogP contribution >= 0.6 is 0 Å². The van der Waals surface area contributed by atoms with Crippen molar-refractivity contribution in [2.45, 2.75) is 44.7 Å². The van der Waals surface area contributed by atoms with Gasteiger partial charge in [-0.15, -0.1) is 0 Å². The molecule has 0 aromatic heterocycles. The number of hydrogen-bond acceptors (Lipinski definition) is 4. The van der Waals surface area contributed by atoms with Gasteiger partial charge in [0, 0.05) is 12.5 Å². The van der Waals surface area contributed by atoms with Crippen molar-refractivity contribution < 1.29 is 19.2 Å². The minimum Gasteiger partial charge on any atom is -0.336 e. The van der Waals surface area contributed by atoms with E-state index in [1.54, 1.807) is 13.8 Å². The first-order valence-corrected chi connectivity index (χ1v) is 8.62. The molecule has 1 atom stereocenters. The molecule has 2 aliphatic rings. The van der Waals surface area contributed by atoms with Gasteiger partial charge in [0.15, 0.2) is 0 Å². The van der Waals surface area contributed by atoms with Crippen LogP contribution in [0.15, 0.2) is 24.3 Å². The zero-order chi connectivity index (χ0) is 18.9. The van der Waals surface area contributed by atoms with Crippen molar-refractivity contribution in [1.82, 2.24) is 20.9 Å². The molecule has 6 amide bonds. The second-order valence-corrected chi connectivity index (χ2v) is 7.03. The third-order valence-electron chi connectivity index (χ3n) is 4.65. The molecule has 1 heterocycles. The molecular weight excluding hydrogens is 336 g/mol. The molecule has 0 unspecified atom stereocenters. The predicted molar refractivity (Wildman–Crippen MR) is 93.3 cm³/mol. The molecule has 1 aromatic rings. The molecule has 0 radical (unpaired) electrons. The molecule has 8 nitrogen and oxygen atoms in total. The normalized spacial score (nSPS) is 21.6. The molecule has 0 saturated carbocycles. The number of carbonyl (C=O) groups is 4. The lowest BCUT2D eigenvalue weighted by atomic mass is 9.78. The van der Waals surface area contributed by atoms with Crippen molar-refractivity contribution >= 4 is 23.9 Å². The summed E-state index contributed by atoms with van der Waals surface area (Å²) >= 11 is 0. The van der Waals surface area contributed by atoms with Crippen LogP contribution in [0.1, 0.15) is 31.4 Å². The first-order valence-electron chi connectivity index (χ1n) is 8.62. The topological polar surface area (TPSA) is 108 Å². The summed E-state index contributed by atoms with van der Waals surface area (Å²) in [6.07, 6.45) is 1.57. The Hall–Kier alpha value is -2.90. The number of hydrogen-bond donors (Lipinski definition) is 3. The Bertz CT molecular complexity index is 776. The van der Waals surface area contributed by atoms with Crippen LogP contribution < -0.4 is 16.0 Å². The second-order valence-electron chi connectivity index (χ2n) is 7.03. The fourth-order valence-electron chi connectivity index (χ4n) is 3.45. The number of urea groups is 2. The van der Waals surface area contributed by atoms with E-state index in [2.05, 4.69) is 16.0 Å². The minimum atomic E-state index is -1.01. The van der Waals surface area contributed by atoms with Crippen molar-refractivity contribution in [2.24, 2.45) is 0 Å². The molecule has 1 saturated heterocycles. The number of fused-ring (bicyclic) bond motifs is 1. The summed E-state index contributed by atoms with van der Waals surface area (Å²) in [6.45, 7) is 3.03. The quantitative estimate of drug-likeness (QED) is 0.691. The molecule has 1 aliphatic carbocycles. The van der Waals surface area contributed by atoms with Crippen molar-refractivity contribution in [3.05, 3.63) is 35.4 Å². The number of carbonyl (C=O) groups excluding carboxylic acids is 4. The molecule has 3 N–H and O–H groups in total. The maximum Gasteiger partial charge on any atom is 0.325 e. The number of amides is 6. The van der Waals surface area contributed by atoms with E-state index in [1.165, 1.54) is 5.56 Å². The highest BCUT2D eigenvalue weighted by atomic mass is 16.2. The van der Waals surface area contributed by atoms with Crippen LogP contribution in [0.4, 0.5) is 9.59 Å². The van der Waals surface area contributed by atoms with E-state index in [0.29, 0.717) is 19.3 Å². The van der Waals surface area contributed by atoms with Gasteiger partial charge in [0.2, 0.25) is 5.91 Å². The third kappa shape index (κ3) is 3.40. The lowest BCUT2D eigenvalue weighted by Crippen LogP contribution is -2.52. The average Bonchev–Trinajstić information content (AvgIpc) is 2.78. The molecule has 1 aliphatic heterocycles. The molecule has 3 rings (SSSR count). The Morgan fingerprint density at radius 1 is 1.23 bits per heavy atom. The summed E-state index contributed by atoms with van der Waals surface area (Å²) in [5.41, 5.74) is 1.18. The van der Waals surface area contributed by atoms with Crippen LogP contribution in [0.25, 0.3) is 0 Å². The highest BCUT2D eigenvalue weighted by Crippen LogP contribution is 2.33. The minimum absolute atomic E-state index is 0.134. The average molecular weight is 358 g/mol. The van der Waals surface area contributed by atoms with Crippen LogP contribution in [0.3, 0.4) is 0 Å². The molecule has 0 bridgehead atoms. The maximum atomic E-state index is 12.9. The van der Waals surface area contributed by atoms with Crippen LogP contribution in [0.2, 0.25) is 0 Å². The van der Waals surface area contributed by atoms with Gasteiger partial charge < -0.3 is 10.6 Å². The summed E-state index contributed by atoms with van der Waals surface area (Å²) in [7, 11) is 0. The van der Waals surface area contributed by atoms with Gasteiger partial charge in [-0.1, -0.05) is 24.3 Å². The van der Waals surface area contributed by atoms with Gasteiger partial charge in [-0.2, -0.15) is 0 Å². The monoisotopic (exact) mass is 358 g/mol. The highest BCUT2D eigenvalue weighted by Gasteiger charge is 2.52. The Morgan fingerprint density at radius 3 is 2.62 bits per heavy atom. The Kier molecular flexibility index (Phi) is 4.67. The summed E-state index contributed by atoms with van der Waals surface area (Å²) in [5.74, 6) is -1.13. The summed E-state index contributed by atoms with van der Waals surface area (Å²) in [6, 6.07) is 6.42. The van der Waals surface area contributed by atoms with E-state index < -0.39 is 36.0 Å². The van der Waals surface area contributed by atoms with Crippen molar-refractivity contribution in [2.75, 3.05) is 6.54 Å². The van der Waals surface area contributed by atoms with Crippen LogP contribution in [-0.4, -0.2) is 46.9 Å². The maximum absolute atomic E-state index is 12.9. The van der Waals surface area contributed by atoms with Crippen LogP contribution in [0.5, 0.6) is 0 Å². The fourth-order valence-corrected chi connectivity index (χ4v) is 3.45. The smallest absolute Gasteiger partial charge is 0.325 e. The molecule has 138 valence electrons. The lowest BCUT2D eigenvalue weighted by molar-refractivity contribution is -0.135. The summed E-state index contributed by atoms with van der Waals surface area (Å²) in [5, 5.41) is 7.40. The summed E-state index contributed by atoms with van der Waals surface area (Å²) < 4.78 is 0. The van der Waals surface area contributed by atoms with Gasteiger partial charge >= 0.3 is 12.1 Å². The highest BCUT2D eigenvalue weighted by molar-refractivity contribution is 6.10. The third-order valence-corrected chi connectivity index (χ3v) is 4.65. The lowest BCUT2D eigenvalue weighted by Gasteiger charge is -2.32. The largest absolute Gasteiger partial charge is 0.336 e. The Labute approximate surface area is 151 Å². The van der Waals surface area contributed by atoms with Gasteiger partial charge in [0.1, 0.15) is 12.1 Å². The summed E-state index contributed by atoms with van der Waals surface area (Å²) in [4.78, 5) is 49.6. The number of nitrogens with one attached hydrogen (secondary N) is 3. The number of nitrogens with zero attached hydrogens (tertiary/aromatic N) is 1. The van der Waals surface area contributed by atoms with Crippen LogP contribution in [0, 0.1) is 0 Å². The number of rotatable bonds is 3. The van der Waals surface area contributed by atoms with E-state index in [9.17, 15) is 19.2 Å². The van der Waals surface area contributed by atoms with E-state index in [1.807, 2.05) is 24.3 Å². The molecule has 1 spiro atoms. The van der Waals surface area contributed by atoms with Gasteiger partial charge in [0.25, 0.3) is 5.91 Å². The second kappa shape index (κ2) is 6.78. The molecule has 1 aromatic carbocycles. The predicted octanol–water partition coefficient (Wildman–Crippen LogP) is 0.700. The standard InChI is InChI=1S/C18H22N4O4/c1-11(2)19-16(25)20-14(23)10-22-15(24)18(21-17(22)26)8-7-12-5-3-4-6-13(12)9-18/h3-6,11H,7-10H2,1-2H3,(H,21,26)(H2,19,20,23,25)/t18-/m1/s1. The van der Waals surface area contributed by atoms with Crippen molar-refractivity contribution in [3.63, 3.8) is 0 Å². The zero-order valence-corrected chi connectivity index (χ0v) is 14.8. The molecular formula is C18H22N4O4. The molecule has 26 heavy (non-hydrogen) atoms. The van der Waals surface area contributed by atoms with Gasteiger partial charge in [0.05, 0.1) is 0 Å². The van der Waals surface area contributed by atoms with Gasteiger partial charge in [-0.3, -0.25) is 19.8 Å². The SMILES string of the molecule is CC(C)NC(=O)NC(=O)CN1C(=O)N[C@@]2(CCc3ccccc3C2)C1=O. The Balaban J connectivity index is 1.68. The first kappa shape index (κ1) is 17.9. The number of benzene rings is 1. The Morgan fingerprint density at radius 2 is 1.92 bits per heavy atom. The van der Waals surface area contributed by atoms with Gasteiger partial charge in [-0.25, -0.2) is 9.59 Å².